The van der Waals surface area contributed by atoms with E-state index in [9.17, 15) is 4.79 Å². The Kier molecular flexibility index (Phi) is 8.64. The molecule has 0 aromatic rings. The Bertz CT molecular complexity index is 397. The zero-order chi connectivity index (χ0) is 16.1. The number of aliphatic imine (C=N–C) groups is 1. The fraction of sp³-hybridized carbons (Fsp3) is 0.882. The molecule has 2 rings (SSSR count). The van der Waals surface area contributed by atoms with E-state index >= 15 is 0 Å². The quantitative estimate of drug-likeness (QED) is 0.420. The SMILES string of the molecule is CC1CC(C)CN(C(=NCC(=O)N(C)C)NC2CCCC2)C1.I. The van der Waals surface area contributed by atoms with Crippen molar-refractivity contribution in [2.45, 2.75) is 52.0 Å². The van der Waals surface area contributed by atoms with Crippen LogP contribution in [-0.2, 0) is 4.79 Å². The lowest BCUT2D eigenvalue weighted by Crippen LogP contribution is -2.51. The molecule has 6 heteroatoms. The smallest absolute Gasteiger partial charge is 0.243 e. The molecule has 0 spiro atoms. The van der Waals surface area contributed by atoms with E-state index in [0.29, 0.717) is 17.9 Å². The van der Waals surface area contributed by atoms with Crippen LogP contribution in [0.5, 0.6) is 0 Å². The number of piperidine rings is 1. The van der Waals surface area contributed by atoms with Crippen LogP contribution in [0.3, 0.4) is 0 Å². The zero-order valence-electron chi connectivity index (χ0n) is 15.0. The van der Waals surface area contributed by atoms with E-state index in [1.54, 1.807) is 19.0 Å². The van der Waals surface area contributed by atoms with Gasteiger partial charge >= 0.3 is 0 Å². The van der Waals surface area contributed by atoms with Gasteiger partial charge in [-0.25, -0.2) is 4.99 Å². The Morgan fingerprint density at radius 3 is 2.26 bits per heavy atom. The highest BCUT2D eigenvalue weighted by molar-refractivity contribution is 14.0. The number of carbonyl (C=O) groups is 1. The zero-order valence-corrected chi connectivity index (χ0v) is 17.4. The van der Waals surface area contributed by atoms with Gasteiger partial charge in [-0.2, -0.15) is 0 Å². The first-order chi connectivity index (χ1) is 10.5. The number of guanidine groups is 1. The monoisotopic (exact) mass is 436 g/mol. The average molecular weight is 436 g/mol. The summed E-state index contributed by atoms with van der Waals surface area (Å²) in [5.74, 6) is 2.37. The van der Waals surface area contributed by atoms with Crippen molar-refractivity contribution in [3.63, 3.8) is 0 Å². The third-order valence-electron chi connectivity index (χ3n) is 4.72. The maximum Gasteiger partial charge on any atom is 0.243 e. The number of nitrogens with one attached hydrogen (secondary N) is 1. The molecule has 2 atom stereocenters. The van der Waals surface area contributed by atoms with Gasteiger partial charge in [-0.3, -0.25) is 4.79 Å². The highest BCUT2D eigenvalue weighted by atomic mass is 127. The second-order valence-corrected chi connectivity index (χ2v) is 7.40. The molecule has 1 saturated heterocycles. The minimum Gasteiger partial charge on any atom is -0.353 e. The predicted octanol–water partition coefficient (Wildman–Crippen LogP) is 2.56. The van der Waals surface area contributed by atoms with Crippen LogP contribution in [-0.4, -0.2) is 61.4 Å². The van der Waals surface area contributed by atoms with Crippen LogP contribution in [0.15, 0.2) is 4.99 Å². The second kappa shape index (κ2) is 9.69. The summed E-state index contributed by atoms with van der Waals surface area (Å²) in [6.45, 7) is 6.93. The molecule has 1 saturated carbocycles. The Morgan fingerprint density at radius 1 is 1.17 bits per heavy atom. The molecule has 1 aliphatic heterocycles. The van der Waals surface area contributed by atoms with Crippen LogP contribution in [0.25, 0.3) is 0 Å². The number of likely N-dealkylation sites (N-methyl/N-ethyl adjacent to an activating group) is 1. The van der Waals surface area contributed by atoms with Crippen molar-refractivity contribution in [3.8, 4) is 0 Å². The molecule has 1 amide bonds. The molecular formula is C17H33IN4O. The molecule has 5 nitrogen and oxygen atoms in total. The number of amides is 1. The lowest BCUT2D eigenvalue weighted by atomic mass is 9.92. The lowest BCUT2D eigenvalue weighted by Gasteiger charge is -2.38. The summed E-state index contributed by atoms with van der Waals surface area (Å²) >= 11 is 0. The normalized spacial score (nSPS) is 25.9. The van der Waals surface area contributed by atoms with Crippen LogP contribution in [0.4, 0.5) is 0 Å². The van der Waals surface area contributed by atoms with Gasteiger partial charge in [0, 0.05) is 33.2 Å². The number of carbonyl (C=O) groups excluding carboxylic acids is 1. The van der Waals surface area contributed by atoms with Gasteiger partial charge in [-0.15, -0.1) is 24.0 Å². The van der Waals surface area contributed by atoms with Crippen LogP contribution in [0, 0.1) is 11.8 Å². The molecular weight excluding hydrogens is 403 g/mol. The summed E-state index contributed by atoms with van der Waals surface area (Å²) < 4.78 is 0. The topological polar surface area (TPSA) is 47.9 Å². The minimum absolute atomic E-state index is 0. The van der Waals surface area contributed by atoms with Crippen molar-refractivity contribution in [2.24, 2.45) is 16.8 Å². The van der Waals surface area contributed by atoms with Gasteiger partial charge in [0.15, 0.2) is 5.96 Å². The molecule has 2 aliphatic rings. The largest absolute Gasteiger partial charge is 0.353 e. The summed E-state index contributed by atoms with van der Waals surface area (Å²) in [6.07, 6.45) is 6.33. The Hall–Kier alpha value is -0.530. The fourth-order valence-electron chi connectivity index (χ4n) is 3.61. The van der Waals surface area contributed by atoms with Gasteiger partial charge in [0.2, 0.25) is 5.91 Å². The van der Waals surface area contributed by atoms with Crippen LogP contribution < -0.4 is 5.32 Å². The van der Waals surface area contributed by atoms with Gasteiger partial charge in [-0.1, -0.05) is 26.7 Å². The number of hydrogen-bond donors (Lipinski definition) is 1. The highest BCUT2D eigenvalue weighted by Gasteiger charge is 2.26. The third kappa shape index (κ3) is 6.47. The molecule has 23 heavy (non-hydrogen) atoms. The molecule has 0 aromatic heterocycles. The molecule has 1 N–H and O–H groups in total. The first-order valence-corrected chi connectivity index (χ1v) is 8.71. The van der Waals surface area contributed by atoms with E-state index in [2.05, 4.69) is 29.1 Å². The van der Waals surface area contributed by atoms with Crippen molar-refractivity contribution in [1.29, 1.82) is 0 Å². The van der Waals surface area contributed by atoms with Crippen molar-refractivity contribution in [2.75, 3.05) is 33.7 Å². The standard InChI is InChI=1S/C17H32N4O.HI/c1-13-9-14(2)12-21(11-13)17(18-10-16(22)20(3)4)19-15-7-5-6-8-15;/h13-15H,5-12H2,1-4H3,(H,18,19);1H. The average Bonchev–Trinajstić information content (AvgIpc) is 2.94. The first kappa shape index (κ1) is 20.5. The van der Waals surface area contributed by atoms with Gasteiger partial charge in [0.05, 0.1) is 0 Å². The summed E-state index contributed by atoms with van der Waals surface area (Å²) in [4.78, 5) is 20.5. The molecule has 0 radical (unpaired) electrons. The number of rotatable bonds is 3. The number of nitrogens with zero attached hydrogens (tertiary/aromatic N) is 3. The van der Waals surface area contributed by atoms with Gasteiger partial charge < -0.3 is 15.1 Å². The molecule has 2 unspecified atom stereocenters. The van der Waals surface area contributed by atoms with E-state index in [1.165, 1.54) is 32.1 Å². The minimum atomic E-state index is 0. The number of hydrogen-bond acceptors (Lipinski definition) is 2. The second-order valence-electron chi connectivity index (χ2n) is 7.40. The molecule has 1 aliphatic carbocycles. The highest BCUT2D eigenvalue weighted by Crippen LogP contribution is 2.22. The summed E-state index contributed by atoms with van der Waals surface area (Å²) in [7, 11) is 3.57. The van der Waals surface area contributed by atoms with E-state index in [-0.39, 0.29) is 36.4 Å². The molecule has 2 fully saturated rings. The molecule has 134 valence electrons. The van der Waals surface area contributed by atoms with Gasteiger partial charge in [-0.05, 0) is 31.1 Å². The summed E-state index contributed by atoms with van der Waals surface area (Å²) in [5, 5.41) is 3.63. The Labute approximate surface area is 158 Å². The van der Waals surface area contributed by atoms with Crippen molar-refractivity contribution < 1.29 is 4.79 Å². The maximum atomic E-state index is 11.9. The van der Waals surface area contributed by atoms with Crippen LogP contribution >= 0.6 is 24.0 Å². The number of likely N-dealkylation sites (tertiary alicyclic amines) is 1. The lowest BCUT2D eigenvalue weighted by molar-refractivity contribution is -0.127. The molecule has 1 heterocycles. The third-order valence-corrected chi connectivity index (χ3v) is 4.72. The Morgan fingerprint density at radius 2 is 1.74 bits per heavy atom. The molecule has 0 aromatic carbocycles. The first-order valence-electron chi connectivity index (χ1n) is 8.71. The van der Waals surface area contributed by atoms with E-state index in [1.807, 2.05) is 0 Å². The summed E-state index contributed by atoms with van der Waals surface area (Å²) in [5.41, 5.74) is 0. The summed E-state index contributed by atoms with van der Waals surface area (Å²) in [6, 6.07) is 0.528. The van der Waals surface area contributed by atoms with Gasteiger partial charge in [0.25, 0.3) is 0 Å². The maximum absolute atomic E-state index is 11.9. The van der Waals surface area contributed by atoms with E-state index in [0.717, 1.165) is 19.0 Å². The van der Waals surface area contributed by atoms with Crippen molar-refractivity contribution in [1.82, 2.24) is 15.1 Å². The van der Waals surface area contributed by atoms with Crippen molar-refractivity contribution >= 4 is 35.8 Å². The van der Waals surface area contributed by atoms with Crippen molar-refractivity contribution in [3.05, 3.63) is 0 Å². The van der Waals surface area contributed by atoms with Crippen LogP contribution in [0.1, 0.15) is 46.0 Å². The van der Waals surface area contributed by atoms with E-state index in [4.69, 9.17) is 0 Å². The van der Waals surface area contributed by atoms with E-state index < -0.39 is 0 Å². The number of halogens is 1. The van der Waals surface area contributed by atoms with Crippen LogP contribution in [0.2, 0.25) is 0 Å². The predicted molar refractivity (Wildman–Crippen MR) is 106 cm³/mol. The fourth-order valence-corrected chi connectivity index (χ4v) is 3.61. The Balaban J connectivity index is 0.00000264. The molecule has 0 bridgehead atoms. The van der Waals surface area contributed by atoms with Gasteiger partial charge in [0.1, 0.15) is 6.54 Å².